The number of nitrogens with zero attached hydrogens (tertiary/aromatic N) is 2. The first-order valence-corrected chi connectivity index (χ1v) is 9.46. The summed E-state index contributed by atoms with van der Waals surface area (Å²) in [6.45, 7) is 1.40. The minimum atomic E-state index is -3.21. The Balaban J connectivity index is 1.62. The normalized spacial score (nSPS) is 18.5. The fraction of sp³-hybridized carbons (Fsp3) is 0.467. The van der Waals surface area contributed by atoms with Gasteiger partial charge in [0.15, 0.2) is 6.61 Å². The molecule has 1 N–H and O–H groups in total. The van der Waals surface area contributed by atoms with E-state index in [1.807, 2.05) is 0 Å². The van der Waals surface area contributed by atoms with E-state index in [2.05, 4.69) is 5.32 Å². The van der Waals surface area contributed by atoms with Crippen molar-refractivity contribution in [2.75, 3.05) is 44.4 Å². The van der Waals surface area contributed by atoms with Gasteiger partial charge in [-0.3, -0.25) is 9.59 Å². The number of sulfonamides is 1. The van der Waals surface area contributed by atoms with E-state index in [4.69, 9.17) is 4.74 Å². The highest BCUT2D eigenvalue weighted by Crippen LogP contribution is 2.28. The largest absolute Gasteiger partial charge is 0.482 e. The van der Waals surface area contributed by atoms with Crippen LogP contribution in [-0.2, 0) is 26.0 Å². The van der Waals surface area contributed by atoms with Gasteiger partial charge in [0.25, 0.3) is 5.91 Å². The Hall–Kier alpha value is -2.13. The van der Waals surface area contributed by atoms with E-state index in [9.17, 15) is 18.0 Å². The van der Waals surface area contributed by atoms with Crippen molar-refractivity contribution in [3.63, 3.8) is 0 Å². The van der Waals surface area contributed by atoms with Crippen molar-refractivity contribution in [3.05, 3.63) is 23.8 Å². The molecule has 8 nitrogen and oxygen atoms in total. The van der Waals surface area contributed by atoms with Gasteiger partial charge < -0.3 is 15.0 Å². The molecular weight excluding hydrogens is 334 g/mol. The van der Waals surface area contributed by atoms with Gasteiger partial charge in [0.1, 0.15) is 5.75 Å². The number of carbonyl (C=O) groups excluding carboxylic acids is 2. The number of fused-ring (bicyclic) bond motifs is 1. The fourth-order valence-electron chi connectivity index (χ4n) is 2.80. The molecule has 1 aromatic carbocycles. The molecule has 130 valence electrons. The Labute approximate surface area is 140 Å². The zero-order valence-corrected chi connectivity index (χ0v) is 14.1. The highest BCUT2D eigenvalue weighted by Gasteiger charge is 2.26. The average molecular weight is 353 g/mol. The number of piperazine rings is 1. The molecule has 0 unspecified atom stereocenters. The van der Waals surface area contributed by atoms with Crippen LogP contribution < -0.4 is 10.1 Å². The second kappa shape index (κ2) is 6.40. The van der Waals surface area contributed by atoms with Crippen LogP contribution in [0.25, 0.3) is 0 Å². The summed E-state index contributed by atoms with van der Waals surface area (Å²) in [5.74, 6) is 0.307. The van der Waals surface area contributed by atoms with Gasteiger partial charge in [-0.15, -0.1) is 0 Å². The molecule has 1 fully saturated rings. The number of nitrogens with one attached hydrogen (secondary N) is 1. The SMILES string of the molecule is CS(=O)(=O)N1CCN(C(=O)Cc2ccc3c(c2)NC(=O)CO3)CC1. The average Bonchev–Trinajstić information content (AvgIpc) is 2.53. The zero-order chi connectivity index (χ0) is 17.3. The number of rotatable bonds is 3. The van der Waals surface area contributed by atoms with Gasteiger partial charge in [-0.05, 0) is 17.7 Å². The van der Waals surface area contributed by atoms with Gasteiger partial charge in [-0.1, -0.05) is 6.07 Å². The van der Waals surface area contributed by atoms with Crippen LogP contribution in [0.1, 0.15) is 5.56 Å². The Morgan fingerprint density at radius 1 is 1.25 bits per heavy atom. The van der Waals surface area contributed by atoms with E-state index >= 15 is 0 Å². The molecule has 1 saturated heterocycles. The summed E-state index contributed by atoms with van der Waals surface area (Å²) in [7, 11) is -3.21. The Bertz CT molecular complexity index is 769. The summed E-state index contributed by atoms with van der Waals surface area (Å²) in [6, 6.07) is 5.26. The lowest BCUT2D eigenvalue weighted by Gasteiger charge is -2.33. The number of amides is 2. The number of anilines is 1. The van der Waals surface area contributed by atoms with Crippen molar-refractivity contribution >= 4 is 27.5 Å². The molecular formula is C15H19N3O5S. The monoisotopic (exact) mass is 353 g/mol. The molecule has 2 aliphatic heterocycles. The molecule has 2 heterocycles. The molecule has 24 heavy (non-hydrogen) atoms. The maximum absolute atomic E-state index is 12.4. The van der Waals surface area contributed by atoms with Crippen molar-refractivity contribution in [3.8, 4) is 5.75 Å². The van der Waals surface area contributed by atoms with Crippen LogP contribution in [0.4, 0.5) is 5.69 Å². The van der Waals surface area contributed by atoms with Gasteiger partial charge in [0, 0.05) is 26.2 Å². The first-order chi connectivity index (χ1) is 11.3. The van der Waals surface area contributed by atoms with E-state index in [0.29, 0.717) is 37.6 Å². The smallest absolute Gasteiger partial charge is 0.262 e. The molecule has 1 aromatic rings. The number of hydrogen-bond donors (Lipinski definition) is 1. The van der Waals surface area contributed by atoms with E-state index in [1.54, 1.807) is 23.1 Å². The summed E-state index contributed by atoms with van der Waals surface area (Å²) in [5, 5.41) is 2.71. The number of hydrogen-bond acceptors (Lipinski definition) is 5. The van der Waals surface area contributed by atoms with Gasteiger partial charge in [-0.2, -0.15) is 4.31 Å². The fourth-order valence-corrected chi connectivity index (χ4v) is 3.62. The van der Waals surface area contributed by atoms with Crippen LogP contribution in [0.2, 0.25) is 0 Å². The number of carbonyl (C=O) groups is 2. The van der Waals surface area contributed by atoms with Crippen molar-refractivity contribution in [1.29, 1.82) is 0 Å². The molecule has 2 aliphatic rings. The second-order valence-corrected chi connectivity index (χ2v) is 7.87. The van der Waals surface area contributed by atoms with E-state index < -0.39 is 10.0 Å². The Morgan fingerprint density at radius 3 is 2.62 bits per heavy atom. The standard InChI is InChI=1S/C15H19N3O5S/c1-24(21,22)18-6-4-17(5-7-18)15(20)9-11-2-3-13-12(8-11)16-14(19)10-23-13/h2-3,8H,4-7,9-10H2,1H3,(H,16,19). The van der Waals surface area contributed by atoms with E-state index in [1.165, 1.54) is 10.6 Å². The van der Waals surface area contributed by atoms with E-state index in [-0.39, 0.29) is 24.8 Å². The first kappa shape index (κ1) is 16.7. The van der Waals surface area contributed by atoms with E-state index in [0.717, 1.165) is 5.56 Å². The van der Waals surface area contributed by atoms with Crippen LogP contribution in [0.15, 0.2) is 18.2 Å². The number of ether oxygens (including phenoxy) is 1. The predicted octanol–water partition coefficient (Wildman–Crippen LogP) is -0.336. The second-order valence-electron chi connectivity index (χ2n) is 5.89. The lowest BCUT2D eigenvalue weighted by Crippen LogP contribution is -2.50. The Kier molecular flexibility index (Phi) is 4.46. The van der Waals surface area contributed by atoms with Gasteiger partial charge in [-0.25, -0.2) is 8.42 Å². The lowest BCUT2D eigenvalue weighted by atomic mass is 10.1. The van der Waals surface area contributed by atoms with Crippen LogP contribution in [-0.4, -0.2) is 68.5 Å². The minimum Gasteiger partial charge on any atom is -0.482 e. The number of benzene rings is 1. The van der Waals surface area contributed by atoms with Crippen molar-refractivity contribution < 1.29 is 22.7 Å². The highest BCUT2D eigenvalue weighted by atomic mass is 32.2. The summed E-state index contributed by atoms with van der Waals surface area (Å²) >= 11 is 0. The minimum absolute atomic E-state index is 0.00408. The van der Waals surface area contributed by atoms with Crippen LogP contribution in [0.5, 0.6) is 5.75 Å². The quantitative estimate of drug-likeness (QED) is 0.802. The lowest BCUT2D eigenvalue weighted by molar-refractivity contribution is -0.131. The van der Waals surface area contributed by atoms with Crippen LogP contribution in [0, 0.1) is 0 Å². The molecule has 0 radical (unpaired) electrons. The van der Waals surface area contributed by atoms with Crippen LogP contribution in [0.3, 0.4) is 0 Å². The van der Waals surface area contributed by atoms with Crippen molar-refractivity contribution in [1.82, 2.24) is 9.21 Å². The predicted molar refractivity (Wildman–Crippen MR) is 87.3 cm³/mol. The molecule has 0 spiro atoms. The maximum Gasteiger partial charge on any atom is 0.262 e. The summed E-state index contributed by atoms with van der Waals surface area (Å²) < 4.78 is 29.6. The molecule has 9 heteroatoms. The topological polar surface area (TPSA) is 96.0 Å². The third kappa shape index (κ3) is 3.68. The highest BCUT2D eigenvalue weighted by molar-refractivity contribution is 7.88. The van der Waals surface area contributed by atoms with Gasteiger partial charge in [0.2, 0.25) is 15.9 Å². The zero-order valence-electron chi connectivity index (χ0n) is 13.3. The summed E-state index contributed by atoms with van der Waals surface area (Å²) in [6.07, 6.45) is 1.37. The van der Waals surface area contributed by atoms with Gasteiger partial charge >= 0.3 is 0 Å². The van der Waals surface area contributed by atoms with Crippen LogP contribution >= 0.6 is 0 Å². The maximum atomic E-state index is 12.4. The molecule has 0 aliphatic carbocycles. The third-order valence-corrected chi connectivity index (χ3v) is 5.40. The van der Waals surface area contributed by atoms with Gasteiger partial charge in [0.05, 0.1) is 18.4 Å². The molecule has 0 saturated carbocycles. The molecule has 3 rings (SSSR count). The summed E-state index contributed by atoms with van der Waals surface area (Å²) in [5.41, 5.74) is 1.34. The van der Waals surface area contributed by atoms with Crippen molar-refractivity contribution in [2.24, 2.45) is 0 Å². The molecule has 2 amide bonds. The Morgan fingerprint density at radius 2 is 1.96 bits per heavy atom. The molecule has 0 bridgehead atoms. The molecule has 0 aromatic heterocycles. The first-order valence-electron chi connectivity index (χ1n) is 7.61. The summed E-state index contributed by atoms with van der Waals surface area (Å²) in [4.78, 5) is 25.4. The molecule has 0 atom stereocenters. The third-order valence-electron chi connectivity index (χ3n) is 4.09. The van der Waals surface area contributed by atoms with Crippen molar-refractivity contribution in [2.45, 2.75) is 6.42 Å².